The Kier molecular flexibility index (Phi) is 5.66. The Hall–Kier alpha value is 0.120. The summed E-state index contributed by atoms with van der Waals surface area (Å²) in [5.41, 5.74) is 0.354. The molecule has 0 spiro atoms. The first-order chi connectivity index (χ1) is 8.30. The third-order valence-electron chi connectivity index (χ3n) is 4.14. The molecule has 2 aliphatic rings. The highest BCUT2D eigenvalue weighted by atomic mass is 35.5. The van der Waals surface area contributed by atoms with E-state index in [1.165, 1.54) is 12.7 Å². The predicted molar refractivity (Wildman–Crippen MR) is 80.3 cm³/mol. The van der Waals surface area contributed by atoms with Crippen molar-refractivity contribution in [2.24, 2.45) is 5.41 Å². The molecule has 7 heteroatoms. The molecule has 2 saturated heterocycles. The monoisotopic (exact) mass is 311 g/mol. The summed E-state index contributed by atoms with van der Waals surface area (Å²) in [6, 6.07) is 0.0895. The van der Waals surface area contributed by atoms with E-state index >= 15 is 0 Å². The van der Waals surface area contributed by atoms with E-state index < -0.39 is 10.0 Å². The minimum Gasteiger partial charge on any atom is -0.316 e. The SMILES string of the molecule is C[C@H]1CN(CC2(C)CCNC2)CCN1S(C)(=O)=O.Cl. The van der Waals surface area contributed by atoms with E-state index in [4.69, 9.17) is 0 Å². The van der Waals surface area contributed by atoms with Crippen LogP contribution < -0.4 is 5.32 Å². The number of halogens is 1. The van der Waals surface area contributed by atoms with Crippen LogP contribution in [0.5, 0.6) is 0 Å². The maximum Gasteiger partial charge on any atom is 0.211 e. The molecule has 0 aliphatic carbocycles. The number of sulfonamides is 1. The van der Waals surface area contributed by atoms with Gasteiger partial charge in [0.05, 0.1) is 6.26 Å². The van der Waals surface area contributed by atoms with E-state index in [1.54, 1.807) is 4.31 Å². The smallest absolute Gasteiger partial charge is 0.211 e. The second-order valence-corrected chi connectivity index (χ2v) is 8.13. The molecule has 2 rings (SSSR count). The van der Waals surface area contributed by atoms with E-state index in [1.807, 2.05) is 6.92 Å². The van der Waals surface area contributed by atoms with Gasteiger partial charge in [0.15, 0.2) is 0 Å². The summed E-state index contributed by atoms with van der Waals surface area (Å²) in [7, 11) is -3.05. The third kappa shape index (κ3) is 4.29. The van der Waals surface area contributed by atoms with Crippen molar-refractivity contribution in [1.82, 2.24) is 14.5 Å². The minimum atomic E-state index is -3.05. The minimum absolute atomic E-state index is 0. The van der Waals surface area contributed by atoms with Gasteiger partial charge < -0.3 is 5.32 Å². The summed E-state index contributed by atoms with van der Waals surface area (Å²) in [5, 5.41) is 3.41. The first kappa shape index (κ1) is 17.2. The largest absolute Gasteiger partial charge is 0.316 e. The summed E-state index contributed by atoms with van der Waals surface area (Å²) in [6.45, 7) is 9.91. The van der Waals surface area contributed by atoms with Gasteiger partial charge in [-0.1, -0.05) is 6.92 Å². The standard InChI is InChI=1S/C12H25N3O2S.ClH/c1-11-8-14(6-7-15(11)18(3,16)17)10-12(2)4-5-13-9-12;/h11,13H,4-10H2,1-3H3;1H/t11-,12?;/m0./s1. The second-order valence-electron chi connectivity index (χ2n) is 6.20. The molecule has 114 valence electrons. The van der Waals surface area contributed by atoms with Gasteiger partial charge in [0.1, 0.15) is 0 Å². The molecule has 2 fully saturated rings. The zero-order valence-corrected chi connectivity index (χ0v) is 13.7. The van der Waals surface area contributed by atoms with Crippen LogP contribution >= 0.6 is 12.4 Å². The van der Waals surface area contributed by atoms with Crippen molar-refractivity contribution in [2.75, 3.05) is 45.5 Å². The summed E-state index contributed by atoms with van der Waals surface area (Å²) in [5.74, 6) is 0. The van der Waals surface area contributed by atoms with Crippen LogP contribution in [0, 0.1) is 5.41 Å². The van der Waals surface area contributed by atoms with Crippen LogP contribution in [-0.4, -0.2) is 69.2 Å². The average molecular weight is 312 g/mol. The Balaban J connectivity index is 0.00000180. The van der Waals surface area contributed by atoms with Gasteiger partial charge in [-0.3, -0.25) is 4.90 Å². The zero-order chi connectivity index (χ0) is 13.4. The highest BCUT2D eigenvalue weighted by Gasteiger charge is 2.35. The first-order valence-electron chi connectivity index (χ1n) is 6.70. The first-order valence-corrected chi connectivity index (χ1v) is 8.55. The highest BCUT2D eigenvalue weighted by molar-refractivity contribution is 7.88. The molecule has 2 aliphatic heterocycles. The molecule has 2 heterocycles. The molecule has 0 aromatic rings. The number of hydrogen-bond acceptors (Lipinski definition) is 4. The van der Waals surface area contributed by atoms with Gasteiger partial charge in [-0.15, -0.1) is 12.4 Å². The third-order valence-corrected chi connectivity index (χ3v) is 5.53. The highest BCUT2D eigenvalue weighted by Crippen LogP contribution is 2.27. The molecular weight excluding hydrogens is 286 g/mol. The lowest BCUT2D eigenvalue weighted by molar-refractivity contribution is 0.103. The van der Waals surface area contributed by atoms with Crippen LogP contribution in [0.2, 0.25) is 0 Å². The topological polar surface area (TPSA) is 52.6 Å². The molecule has 19 heavy (non-hydrogen) atoms. The Bertz CT molecular complexity index is 396. The Morgan fingerprint density at radius 3 is 2.53 bits per heavy atom. The second kappa shape index (κ2) is 6.26. The van der Waals surface area contributed by atoms with Gasteiger partial charge >= 0.3 is 0 Å². The van der Waals surface area contributed by atoms with Gasteiger partial charge in [-0.2, -0.15) is 4.31 Å². The molecule has 1 N–H and O–H groups in total. The fourth-order valence-electron chi connectivity index (χ4n) is 3.20. The lowest BCUT2D eigenvalue weighted by Crippen LogP contribution is -2.55. The molecule has 0 radical (unpaired) electrons. The Labute approximate surface area is 123 Å². The quantitative estimate of drug-likeness (QED) is 0.818. The van der Waals surface area contributed by atoms with Crippen LogP contribution in [-0.2, 0) is 10.0 Å². The summed E-state index contributed by atoms with van der Waals surface area (Å²) < 4.78 is 24.8. The number of rotatable bonds is 3. The van der Waals surface area contributed by atoms with Crippen LogP contribution in [0.15, 0.2) is 0 Å². The van der Waals surface area contributed by atoms with Crippen molar-refractivity contribution in [2.45, 2.75) is 26.3 Å². The molecule has 0 saturated carbocycles. The number of piperazine rings is 1. The van der Waals surface area contributed by atoms with Crippen LogP contribution in [0.25, 0.3) is 0 Å². The molecule has 2 atom stereocenters. The summed E-state index contributed by atoms with van der Waals surface area (Å²) in [6.07, 6.45) is 2.52. The van der Waals surface area contributed by atoms with E-state index in [2.05, 4.69) is 17.1 Å². The fraction of sp³-hybridized carbons (Fsp3) is 1.00. The maximum absolute atomic E-state index is 11.6. The van der Waals surface area contributed by atoms with E-state index in [-0.39, 0.29) is 18.4 Å². The van der Waals surface area contributed by atoms with E-state index in [9.17, 15) is 8.42 Å². The van der Waals surface area contributed by atoms with Crippen molar-refractivity contribution in [3.63, 3.8) is 0 Å². The number of hydrogen-bond donors (Lipinski definition) is 1. The van der Waals surface area contributed by atoms with Crippen LogP contribution in [0.1, 0.15) is 20.3 Å². The van der Waals surface area contributed by atoms with Crippen molar-refractivity contribution in [3.05, 3.63) is 0 Å². The van der Waals surface area contributed by atoms with Gasteiger partial charge in [0, 0.05) is 38.8 Å². The molecule has 0 amide bonds. The summed E-state index contributed by atoms with van der Waals surface area (Å²) in [4.78, 5) is 2.42. The van der Waals surface area contributed by atoms with Gasteiger partial charge in [-0.25, -0.2) is 8.42 Å². The van der Waals surface area contributed by atoms with Crippen molar-refractivity contribution in [3.8, 4) is 0 Å². The van der Waals surface area contributed by atoms with Crippen molar-refractivity contribution in [1.29, 1.82) is 0 Å². The zero-order valence-electron chi connectivity index (χ0n) is 12.1. The molecular formula is C12H26ClN3O2S. The number of nitrogens with zero attached hydrogens (tertiary/aromatic N) is 2. The molecule has 0 bridgehead atoms. The van der Waals surface area contributed by atoms with Gasteiger partial charge in [-0.05, 0) is 25.3 Å². The lowest BCUT2D eigenvalue weighted by Gasteiger charge is -2.41. The van der Waals surface area contributed by atoms with Crippen LogP contribution in [0.3, 0.4) is 0 Å². The van der Waals surface area contributed by atoms with E-state index in [0.29, 0.717) is 12.0 Å². The average Bonchev–Trinajstić information content (AvgIpc) is 2.62. The fourth-order valence-corrected chi connectivity index (χ4v) is 4.33. The van der Waals surface area contributed by atoms with Crippen molar-refractivity contribution >= 4 is 22.4 Å². The van der Waals surface area contributed by atoms with E-state index in [0.717, 1.165) is 32.7 Å². The molecule has 0 aromatic heterocycles. The maximum atomic E-state index is 11.6. The van der Waals surface area contributed by atoms with Gasteiger partial charge in [0.25, 0.3) is 0 Å². The Morgan fingerprint density at radius 2 is 2.05 bits per heavy atom. The lowest BCUT2D eigenvalue weighted by atomic mass is 9.89. The Morgan fingerprint density at radius 1 is 1.37 bits per heavy atom. The van der Waals surface area contributed by atoms with Crippen molar-refractivity contribution < 1.29 is 8.42 Å². The number of nitrogens with one attached hydrogen (secondary N) is 1. The van der Waals surface area contributed by atoms with Gasteiger partial charge in [0.2, 0.25) is 10.0 Å². The van der Waals surface area contributed by atoms with Crippen LogP contribution in [0.4, 0.5) is 0 Å². The predicted octanol–water partition coefficient (Wildman–Crippen LogP) is 0.374. The normalized spacial score (nSPS) is 34.2. The summed E-state index contributed by atoms with van der Waals surface area (Å²) >= 11 is 0. The molecule has 0 aromatic carbocycles. The molecule has 1 unspecified atom stereocenters. The molecule has 5 nitrogen and oxygen atoms in total.